The predicted octanol–water partition coefficient (Wildman–Crippen LogP) is 2.81. The number of methoxy groups -OCH3 is 1. The zero-order valence-corrected chi connectivity index (χ0v) is 26.9. The molecular formula is C31H40FN7O6S. The predicted molar refractivity (Wildman–Crippen MR) is 171 cm³/mol. The molecule has 3 aliphatic heterocycles. The van der Waals surface area contributed by atoms with Crippen LogP contribution in [-0.2, 0) is 26.1 Å². The highest BCUT2D eigenvalue weighted by atomic mass is 32.2. The number of carbonyl (C=O) groups is 1. The van der Waals surface area contributed by atoms with Crippen LogP contribution in [0.25, 0.3) is 22.2 Å². The molecule has 46 heavy (non-hydrogen) atoms. The fraction of sp³-hybridized carbons (Fsp3) is 0.548. The number of morpholine rings is 1. The number of pyridine rings is 1. The molecule has 3 fully saturated rings. The molecule has 248 valence electrons. The number of rotatable bonds is 9. The molecule has 0 aliphatic carbocycles. The molecule has 3 saturated heterocycles. The molecule has 6 rings (SSSR count). The van der Waals surface area contributed by atoms with Crippen molar-refractivity contribution in [3.63, 3.8) is 0 Å². The average Bonchev–Trinajstić information content (AvgIpc) is 3.04. The number of aliphatic carboxylic acids is 1. The highest BCUT2D eigenvalue weighted by Crippen LogP contribution is 2.35. The second-order valence-electron chi connectivity index (χ2n) is 12.2. The van der Waals surface area contributed by atoms with E-state index in [4.69, 9.17) is 19.4 Å². The van der Waals surface area contributed by atoms with Crippen molar-refractivity contribution in [1.82, 2.24) is 24.8 Å². The van der Waals surface area contributed by atoms with E-state index in [9.17, 15) is 18.3 Å². The van der Waals surface area contributed by atoms with Crippen molar-refractivity contribution in [2.45, 2.75) is 38.3 Å². The topological polar surface area (TPSA) is 150 Å². The zero-order valence-electron chi connectivity index (χ0n) is 26.1. The summed E-state index contributed by atoms with van der Waals surface area (Å²) in [7, 11) is -2.24. The van der Waals surface area contributed by atoms with Gasteiger partial charge in [-0.2, -0.15) is 0 Å². The number of ether oxygens (including phenoxy) is 2. The number of hydrogen-bond acceptors (Lipinski definition) is 11. The van der Waals surface area contributed by atoms with E-state index in [0.29, 0.717) is 79.8 Å². The van der Waals surface area contributed by atoms with Gasteiger partial charge in [0.2, 0.25) is 21.9 Å². The summed E-state index contributed by atoms with van der Waals surface area (Å²) in [6.45, 7) is 6.04. The van der Waals surface area contributed by atoms with Crippen molar-refractivity contribution in [2.24, 2.45) is 5.92 Å². The van der Waals surface area contributed by atoms with Gasteiger partial charge >= 0.3 is 5.97 Å². The number of piperidine rings is 2. The Bertz CT molecular complexity index is 1690. The Morgan fingerprint density at radius 2 is 1.78 bits per heavy atom. The van der Waals surface area contributed by atoms with Crippen molar-refractivity contribution >= 4 is 38.5 Å². The van der Waals surface area contributed by atoms with E-state index in [-0.39, 0.29) is 17.5 Å². The minimum absolute atomic E-state index is 0.0995. The van der Waals surface area contributed by atoms with Crippen LogP contribution >= 0.6 is 0 Å². The number of carboxylic acid groups (broad SMARTS) is 1. The minimum Gasteiger partial charge on any atom is -0.481 e. The number of halogens is 1. The van der Waals surface area contributed by atoms with Crippen LogP contribution in [-0.4, -0.2) is 116 Å². The van der Waals surface area contributed by atoms with Gasteiger partial charge in [-0.25, -0.2) is 27.8 Å². The van der Waals surface area contributed by atoms with Crippen LogP contribution < -0.4 is 14.4 Å². The number of benzene rings is 1. The Balaban J connectivity index is 1.31. The Morgan fingerprint density at radius 1 is 1.07 bits per heavy atom. The van der Waals surface area contributed by atoms with Gasteiger partial charge in [-0.05, 0) is 75.6 Å². The largest absolute Gasteiger partial charge is 0.481 e. The lowest BCUT2D eigenvalue weighted by atomic mass is 9.93. The molecule has 15 heteroatoms. The van der Waals surface area contributed by atoms with Gasteiger partial charge in [0.1, 0.15) is 11.5 Å². The SMILES string of the molecule is COc1ncc(-c2nc(N3CCOCC3)nc3c(CN4CCC(N5CCC(C(=O)O)CC5)CC4)cc(F)cc23)cc1NS(C)(=O)=O. The highest BCUT2D eigenvalue weighted by Gasteiger charge is 2.31. The van der Waals surface area contributed by atoms with Gasteiger partial charge in [-0.3, -0.25) is 14.4 Å². The fourth-order valence-corrected chi connectivity index (χ4v) is 7.26. The molecular weight excluding hydrogens is 617 g/mol. The molecule has 2 N–H and O–H groups in total. The van der Waals surface area contributed by atoms with Gasteiger partial charge in [-0.1, -0.05) is 0 Å². The van der Waals surface area contributed by atoms with Crippen LogP contribution in [0.15, 0.2) is 24.4 Å². The van der Waals surface area contributed by atoms with Crippen molar-refractivity contribution < 1.29 is 32.2 Å². The first-order chi connectivity index (χ1) is 22.1. The van der Waals surface area contributed by atoms with Gasteiger partial charge in [0.25, 0.3) is 0 Å². The maximum absolute atomic E-state index is 15.3. The van der Waals surface area contributed by atoms with E-state index >= 15 is 4.39 Å². The maximum Gasteiger partial charge on any atom is 0.306 e. The molecule has 0 unspecified atom stereocenters. The number of carboxylic acids is 1. The van der Waals surface area contributed by atoms with Gasteiger partial charge in [0.15, 0.2) is 0 Å². The lowest BCUT2D eigenvalue weighted by Gasteiger charge is -2.41. The molecule has 0 saturated carbocycles. The summed E-state index contributed by atoms with van der Waals surface area (Å²) in [6.07, 6.45) is 5.87. The Hall–Kier alpha value is -3.66. The number of anilines is 2. The molecule has 1 aromatic carbocycles. The molecule has 3 aliphatic rings. The summed E-state index contributed by atoms with van der Waals surface area (Å²) in [6, 6.07) is 4.95. The summed E-state index contributed by atoms with van der Waals surface area (Å²) in [5.41, 5.74) is 2.43. The lowest BCUT2D eigenvalue weighted by molar-refractivity contribution is -0.143. The van der Waals surface area contributed by atoms with Gasteiger partial charge < -0.3 is 24.4 Å². The number of nitrogens with zero attached hydrogens (tertiary/aromatic N) is 6. The number of aromatic nitrogens is 3. The third kappa shape index (κ3) is 7.32. The number of fused-ring (bicyclic) bond motifs is 1. The second kappa shape index (κ2) is 13.6. The van der Waals surface area contributed by atoms with E-state index < -0.39 is 21.8 Å². The van der Waals surface area contributed by atoms with Crippen LogP contribution in [0, 0.1) is 11.7 Å². The van der Waals surface area contributed by atoms with Crippen molar-refractivity contribution in [3.8, 4) is 17.1 Å². The van der Waals surface area contributed by atoms with Crippen molar-refractivity contribution in [1.29, 1.82) is 0 Å². The lowest BCUT2D eigenvalue weighted by Crippen LogP contribution is -2.48. The fourth-order valence-electron chi connectivity index (χ4n) is 6.71. The third-order valence-electron chi connectivity index (χ3n) is 9.09. The van der Waals surface area contributed by atoms with Crippen LogP contribution in [0.2, 0.25) is 0 Å². The molecule has 0 atom stereocenters. The standard InChI is InChI=1S/C31H40FN7O6S/c1-44-29-26(36-46(2,42)43)16-21(18-33-29)27-25-17-23(32)15-22(28(25)35-31(34-27)39-11-13-45-14-12-39)19-37-7-5-24(6-8-37)38-9-3-20(4-10-38)30(40)41/h15-18,20,24,36H,3-14,19H2,1-2H3,(H,40,41). The van der Waals surface area contributed by atoms with Gasteiger partial charge in [0.05, 0.1) is 43.7 Å². The van der Waals surface area contributed by atoms with E-state index in [1.54, 1.807) is 6.07 Å². The normalized spacial score (nSPS) is 19.4. The summed E-state index contributed by atoms with van der Waals surface area (Å²) < 4.78 is 52.8. The molecule has 5 heterocycles. The summed E-state index contributed by atoms with van der Waals surface area (Å²) >= 11 is 0. The molecule has 0 spiro atoms. The molecule has 3 aromatic rings. The van der Waals surface area contributed by atoms with Gasteiger partial charge in [0, 0.05) is 42.8 Å². The highest BCUT2D eigenvalue weighted by molar-refractivity contribution is 7.92. The van der Waals surface area contributed by atoms with Crippen molar-refractivity contribution in [3.05, 3.63) is 35.8 Å². The molecule has 0 bridgehead atoms. The maximum atomic E-state index is 15.3. The quantitative estimate of drug-likeness (QED) is 0.348. The zero-order chi connectivity index (χ0) is 32.4. The third-order valence-corrected chi connectivity index (χ3v) is 9.68. The Labute approximate surface area is 267 Å². The first kappa shape index (κ1) is 32.3. The van der Waals surface area contributed by atoms with Crippen molar-refractivity contribution in [2.75, 3.05) is 75.5 Å². The first-order valence-corrected chi connectivity index (χ1v) is 17.5. The molecule has 13 nitrogen and oxygen atoms in total. The number of likely N-dealkylation sites (tertiary alicyclic amines) is 2. The number of sulfonamides is 1. The summed E-state index contributed by atoms with van der Waals surface area (Å²) in [5.74, 6) is -0.783. The average molecular weight is 658 g/mol. The number of hydrogen-bond donors (Lipinski definition) is 2. The number of nitrogens with one attached hydrogen (secondary N) is 1. The summed E-state index contributed by atoms with van der Waals surface area (Å²) in [4.78, 5) is 32.3. The smallest absolute Gasteiger partial charge is 0.306 e. The Morgan fingerprint density at radius 3 is 2.43 bits per heavy atom. The van der Waals surface area contributed by atoms with Crippen LogP contribution in [0.3, 0.4) is 0 Å². The van der Waals surface area contributed by atoms with Crippen LogP contribution in [0.1, 0.15) is 31.2 Å². The van der Waals surface area contributed by atoms with E-state index in [0.717, 1.165) is 50.8 Å². The summed E-state index contributed by atoms with van der Waals surface area (Å²) in [5, 5.41) is 9.85. The van der Waals surface area contributed by atoms with Gasteiger partial charge in [-0.15, -0.1) is 0 Å². The molecule has 2 aromatic heterocycles. The molecule has 0 amide bonds. The van der Waals surface area contributed by atoms with E-state index in [1.807, 2.05) is 4.90 Å². The van der Waals surface area contributed by atoms with Crippen LogP contribution in [0.5, 0.6) is 5.88 Å². The molecule has 0 radical (unpaired) electrons. The second-order valence-corrected chi connectivity index (χ2v) is 14.0. The Kier molecular flexibility index (Phi) is 9.54. The first-order valence-electron chi connectivity index (χ1n) is 15.6. The van der Waals surface area contributed by atoms with E-state index in [1.165, 1.54) is 25.4 Å². The van der Waals surface area contributed by atoms with Crippen LogP contribution in [0.4, 0.5) is 16.0 Å². The monoisotopic (exact) mass is 657 g/mol. The minimum atomic E-state index is -3.64. The van der Waals surface area contributed by atoms with E-state index in [2.05, 4.69) is 19.5 Å².